The van der Waals surface area contributed by atoms with Crippen molar-refractivity contribution < 1.29 is 19.1 Å². The minimum Gasteiger partial charge on any atom is -0.468 e. The molecule has 0 radical (unpaired) electrons. The maximum Gasteiger partial charge on any atom is 0.321 e. The van der Waals surface area contributed by atoms with Crippen LogP contribution in [0.15, 0.2) is 42.0 Å². The molecule has 1 aromatic rings. The van der Waals surface area contributed by atoms with E-state index in [1.165, 1.54) is 14.2 Å². The number of unbranched alkanes of at least 4 members (excludes halogenated alkanes) is 3. The normalized spacial score (nSPS) is 12.7. The summed E-state index contributed by atoms with van der Waals surface area (Å²) < 4.78 is 9.90. The van der Waals surface area contributed by atoms with Crippen LogP contribution in [0.2, 0.25) is 0 Å². The third kappa shape index (κ3) is 6.32. The van der Waals surface area contributed by atoms with E-state index in [0.29, 0.717) is 0 Å². The van der Waals surface area contributed by atoms with Gasteiger partial charge < -0.3 is 9.47 Å². The maximum absolute atomic E-state index is 12.5. The van der Waals surface area contributed by atoms with Crippen molar-refractivity contribution in [2.24, 2.45) is 5.92 Å². The van der Waals surface area contributed by atoms with Gasteiger partial charge >= 0.3 is 11.9 Å². The Bertz CT molecular complexity index is 561. The summed E-state index contributed by atoms with van der Waals surface area (Å²) in [4.78, 5) is 25.0. The molecule has 4 nitrogen and oxygen atoms in total. The Labute approximate surface area is 157 Å². The van der Waals surface area contributed by atoms with Crippen LogP contribution in [0.5, 0.6) is 0 Å². The highest BCUT2D eigenvalue weighted by Crippen LogP contribution is 2.37. The number of methoxy groups -OCH3 is 2. The molecule has 0 spiro atoms. The molecule has 26 heavy (non-hydrogen) atoms. The Morgan fingerprint density at radius 3 is 2.04 bits per heavy atom. The van der Waals surface area contributed by atoms with Crippen LogP contribution in [0.1, 0.15) is 63.9 Å². The van der Waals surface area contributed by atoms with Gasteiger partial charge in [-0.05, 0) is 24.8 Å². The first kappa shape index (κ1) is 21.9. The van der Waals surface area contributed by atoms with Gasteiger partial charge in [0.25, 0.3) is 0 Å². The van der Waals surface area contributed by atoms with Crippen LogP contribution in [-0.2, 0) is 19.1 Å². The standard InChI is InChI=1S/C22H32O4/c1-5-7-10-14-17(13-8-6-2)19(18-15-11-9-12-16-18)20(21(23)25-3)22(24)26-4/h9,11-12,14-16,19-20H,5-8,10,13H2,1-4H3/b17-14+. The molecule has 0 bridgehead atoms. The average Bonchev–Trinajstić information content (AvgIpc) is 2.68. The highest BCUT2D eigenvalue weighted by atomic mass is 16.5. The van der Waals surface area contributed by atoms with Crippen LogP contribution in [0, 0.1) is 5.92 Å². The number of carbonyl (C=O) groups is 2. The second kappa shape index (κ2) is 12.3. The van der Waals surface area contributed by atoms with Crippen molar-refractivity contribution in [2.75, 3.05) is 14.2 Å². The fourth-order valence-electron chi connectivity index (χ4n) is 3.16. The molecule has 1 atom stereocenters. The van der Waals surface area contributed by atoms with E-state index in [4.69, 9.17) is 9.47 Å². The van der Waals surface area contributed by atoms with Crippen LogP contribution >= 0.6 is 0 Å². The summed E-state index contributed by atoms with van der Waals surface area (Å²) in [6, 6.07) is 9.71. The predicted molar refractivity (Wildman–Crippen MR) is 104 cm³/mol. The molecule has 0 heterocycles. The van der Waals surface area contributed by atoms with Gasteiger partial charge in [0.15, 0.2) is 5.92 Å². The third-order valence-corrected chi connectivity index (χ3v) is 4.58. The predicted octanol–water partition coefficient (Wildman–Crippen LogP) is 5.04. The molecule has 0 amide bonds. The second-order valence-electron chi connectivity index (χ2n) is 6.44. The summed E-state index contributed by atoms with van der Waals surface area (Å²) in [5, 5.41) is 0. The van der Waals surface area contributed by atoms with Crippen molar-refractivity contribution in [1.82, 2.24) is 0 Å². The SMILES string of the molecule is CCCC/C=C(\CCCC)C(c1ccccc1)C(C(=O)OC)C(=O)OC. The van der Waals surface area contributed by atoms with Crippen LogP contribution in [0.4, 0.5) is 0 Å². The molecule has 0 saturated heterocycles. The summed E-state index contributed by atoms with van der Waals surface area (Å²) >= 11 is 0. The lowest BCUT2D eigenvalue weighted by molar-refractivity contribution is -0.159. The lowest BCUT2D eigenvalue weighted by Gasteiger charge is -2.27. The third-order valence-electron chi connectivity index (χ3n) is 4.58. The number of esters is 2. The van der Waals surface area contributed by atoms with Crippen LogP contribution in [0.25, 0.3) is 0 Å². The fourth-order valence-corrected chi connectivity index (χ4v) is 3.16. The summed E-state index contributed by atoms with van der Waals surface area (Å²) in [5.74, 6) is -2.45. The van der Waals surface area contributed by atoms with Crippen LogP contribution < -0.4 is 0 Å². The molecule has 1 aromatic carbocycles. The van der Waals surface area contributed by atoms with Gasteiger partial charge in [-0.2, -0.15) is 0 Å². The molecule has 0 aliphatic heterocycles. The van der Waals surface area contributed by atoms with E-state index in [0.717, 1.165) is 49.7 Å². The Morgan fingerprint density at radius 1 is 0.962 bits per heavy atom. The topological polar surface area (TPSA) is 52.6 Å². The second-order valence-corrected chi connectivity index (χ2v) is 6.44. The smallest absolute Gasteiger partial charge is 0.321 e. The van der Waals surface area contributed by atoms with Gasteiger partial charge in [-0.25, -0.2) is 0 Å². The Kier molecular flexibility index (Phi) is 10.4. The number of benzene rings is 1. The van der Waals surface area contributed by atoms with Crippen molar-refractivity contribution in [3.05, 3.63) is 47.5 Å². The molecule has 0 aromatic heterocycles. The van der Waals surface area contributed by atoms with Gasteiger partial charge in [0.1, 0.15) is 0 Å². The molecule has 0 aliphatic carbocycles. The van der Waals surface area contributed by atoms with Crippen molar-refractivity contribution in [3.63, 3.8) is 0 Å². The first-order valence-electron chi connectivity index (χ1n) is 9.50. The van der Waals surface area contributed by atoms with Crippen molar-refractivity contribution in [2.45, 2.75) is 58.3 Å². The largest absolute Gasteiger partial charge is 0.468 e. The highest BCUT2D eigenvalue weighted by molar-refractivity contribution is 5.96. The van der Waals surface area contributed by atoms with Gasteiger partial charge in [-0.3, -0.25) is 9.59 Å². The molecule has 4 heteroatoms. The van der Waals surface area contributed by atoms with E-state index >= 15 is 0 Å². The molecule has 0 fully saturated rings. The summed E-state index contributed by atoms with van der Waals surface area (Å²) in [7, 11) is 2.62. The van der Waals surface area contributed by atoms with Crippen molar-refractivity contribution >= 4 is 11.9 Å². The first-order valence-corrected chi connectivity index (χ1v) is 9.50. The fraction of sp³-hybridized carbons (Fsp3) is 0.545. The van der Waals surface area contributed by atoms with Crippen molar-refractivity contribution in [3.8, 4) is 0 Å². The zero-order chi connectivity index (χ0) is 19.4. The molecule has 1 rings (SSSR count). The van der Waals surface area contributed by atoms with E-state index in [9.17, 15) is 9.59 Å². The van der Waals surface area contributed by atoms with Crippen LogP contribution in [-0.4, -0.2) is 26.2 Å². The highest BCUT2D eigenvalue weighted by Gasteiger charge is 2.39. The number of hydrogen-bond acceptors (Lipinski definition) is 4. The summed E-state index contributed by atoms with van der Waals surface area (Å²) in [6.45, 7) is 4.29. The zero-order valence-electron chi connectivity index (χ0n) is 16.5. The molecule has 0 saturated carbocycles. The number of carbonyl (C=O) groups excluding carboxylic acids is 2. The molecule has 0 aliphatic rings. The van der Waals surface area contributed by atoms with Gasteiger partial charge in [0.05, 0.1) is 14.2 Å². The summed E-state index contributed by atoms with van der Waals surface area (Å²) in [6.07, 6.45) is 8.24. The Morgan fingerprint density at radius 2 is 1.54 bits per heavy atom. The maximum atomic E-state index is 12.5. The van der Waals surface area contributed by atoms with E-state index in [-0.39, 0.29) is 5.92 Å². The Hall–Kier alpha value is -2.10. The monoisotopic (exact) mass is 360 g/mol. The summed E-state index contributed by atoms with van der Waals surface area (Å²) in [5.41, 5.74) is 2.06. The van der Waals surface area contributed by atoms with Crippen molar-refractivity contribution in [1.29, 1.82) is 0 Å². The molecular formula is C22H32O4. The van der Waals surface area contributed by atoms with Gasteiger partial charge in [-0.1, -0.05) is 75.1 Å². The lowest BCUT2D eigenvalue weighted by Crippen LogP contribution is -2.33. The number of hydrogen-bond donors (Lipinski definition) is 0. The van der Waals surface area contributed by atoms with E-state index in [2.05, 4.69) is 19.9 Å². The number of allylic oxidation sites excluding steroid dienone is 2. The zero-order valence-corrected chi connectivity index (χ0v) is 16.5. The van der Waals surface area contributed by atoms with E-state index < -0.39 is 17.9 Å². The first-order chi connectivity index (χ1) is 12.6. The number of rotatable bonds is 11. The van der Waals surface area contributed by atoms with E-state index in [1.54, 1.807) is 0 Å². The average molecular weight is 360 g/mol. The van der Waals surface area contributed by atoms with Gasteiger partial charge in [0, 0.05) is 5.92 Å². The Balaban J connectivity index is 3.41. The molecule has 0 N–H and O–H groups in total. The van der Waals surface area contributed by atoms with Gasteiger partial charge in [0.2, 0.25) is 0 Å². The minimum absolute atomic E-state index is 0.362. The van der Waals surface area contributed by atoms with Crippen LogP contribution in [0.3, 0.4) is 0 Å². The molecule has 144 valence electrons. The quantitative estimate of drug-likeness (QED) is 0.240. The minimum atomic E-state index is -0.989. The molecular weight excluding hydrogens is 328 g/mol. The number of ether oxygens (including phenoxy) is 2. The molecule has 1 unspecified atom stereocenters. The lowest BCUT2D eigenvalue weighted by atomic mass is 9.78. The van der Waals surface area contributed by atoms with E-state index in [1.807, 2.05) is 30.3 Å². The van der Waals surface area contributed by atoms with Gasteiger partial charge in [-0.15, -0.1) is 0 Å².